The molecular formula is C12H24N2O3. The van der Waals surface area contributed by atoms with Gasteiger partial charge in [-0.05, 0) is 12.8 Å². The third-order valence-electron chi connectivity index (χ3n) is 2.86. The van der Waals surface area contributed by atoms with Crippen molar-refractivity contribution in [1.82, 2.24) is 10.6 Å². The van der Waals surface area contributed by atoms with Gasteiger partial charge >= 0.3 is 0 Å². The highest BCUT2D eigenvalue weighted by Gasteiger charge is 2.16. The fourth-order valence-corrected chi connectivity index (χ4v) is 1.89. The summed E-state index contributed by atoms with van der Waals surface area (Å²) in [5.74, 6) is -0.0227. The lowest BCUT2D eigenvalue weighted by Crippen LogP contribution is -2.35. The van der Waals surface area contributed by atoms with E-state index in [9.17, 15) is 4.79 Å². The summed E-state index contributed by atoms with van der Waals surface area (Å²) in [5, 5.41) is 5.97. The van der Waals surface area contributed by atoms with Gasteiger partial charge in [0.25, 0.3) is 0 Å². The average Bonchev–Trinajstić information content (AvgIpc) is 2.84. The molecule has 1 aliphatic carbocycles. The molecule has 0 spiro atoms. The van der Waals surface area contributed by atoms with Gasteiger partial charge in [-0.2, -0.15) is 0 Å². The average molecular weight is 244 g/mol. The van der Waals surface area contributed by atoms with E-state index in [-0.39, 0.29) is 12.5 Å². The quantitative estimate of drug-likeness (QED) is 0.573. The predicted molar refractivity (Wildman–Crippen MR) is 66.0 cm³/mol. The van der Waals surface area contributed by atoms with Gasteiger partial charge in [-0.3, -0.25) is 4.79 Å². The van der Waals surface area contributed by atoms with E-state index in [4.69, 9.17) is 9.47 Å². The van der Waals surface area contributed by atoms with Crippen molar-refractivity contribution in [2.24, 2.45) is 0 Å². The third kappa shape index (κ3) is 7.31. The Morgan fingerprint density at radius 3 is 2.71 bits per heavy atom. The molecule has 0 aromatic rings. The van der Waals surface area contributed by atoms with Crippen molar-refractivity contribution in [1.29, 1.82) is 0 Å². The number of ether oxygens (including phenoxy) is 2. The first-order valence-electron chi connectivity index (χ1n) is 6.41. The van der Waals surface area contributed by atoms with Crippen LogP contribution in [0.2, 0.25) is 0 Å². The molecule has 1 amide bonds. The van der Waals surface area contributed by atoms with Crippen molar-refractivity contribution in [3.05, 3.63) is 0 Å². The molecule has 0 atom stereocenters. The minimum atomic E-state index is -0.0227. The van der Waals surface area contributed by atoms with Gasteiger partial charge in [0.05, 0.1) is 12.7 Å². The van der Waals surface area contributed by atoms with Gasteiger partial charge in [0.1, 0.15) is 6.61 Å². The maximum absolute atomic E-state index is 11.4. The van der Waals surface area contributed by atoms with Crippen molar-refractivity contribution < 1.29 is 14.3 Å². The van der Waals surface area contributed by atoms with Gasteiger partial charge in [0, 0.05) is 26.7 Å². The van der Waals surface area contributed by atoms with Crippen LogP contribution in [0.25, 0.3) is 0 Å². The standard InChI is InChI=1S/C12H24N2O3/c1-16-9-8-13-6-7-14-12(15)10-17-11-4-2-3-5-11/h11,13H,2-10H2,1H3,(H,14,15). The largest absolute Gasteiger partial charge is 0.383 e. The molecule has 0 aromatic heterocycles. The van der Waals surface area contributed by atoms with Crippen LogP contribution in [0.5, 0.6) is 0 Å². The van der Waals surface area contributed by atoms with Crippen LogP contribution in [0.4, 0.5) is 0 Å². The number of rotatable bonds is 9. The second kappa shape index (κ2) is 9.39. The summed E-state index contributed by atoms with van der Waals surface area (Å²) in [7, 11) is 1.67. The smallest absolute Gasteiger partial charge is 0.246 e. The van der Waals surface area contributed by atoms with Crippen LogP contribution in [0.3, 0.4) is 0 Å². The fraction of sp³-hybridized carbons (Fsp3) is 0.917. The van der Waals surface area contributed by atoms with Crippen molar-refractivity contribution in [2.75, 3.05) is 40.0 Å². The van der Waals surface area contributed by atoms with Crippen molar-refractivity contribution >= 4 is 5.91 Å². The lowest BCUT2D eigenvalue weighted by atomic mass is 10.3. The molecule has 0 bridgehead atoms. The first-order chi connectivity index (χ1) is 8.33. The van der Waals surface area contributed by atoms with Crippen LogP contribution in [0, 0.1) is 0 Å². The zero-order valence-electron chi connectivity index (χ0n) is 10.7. The molecule has 0 aliphatic heterocycles. The van der Waals surface area contributed by atoms with Gasteiger partial charge in [-0.25, -0.2) is 0 Å². The lowest BCUT2D eigenvalue weighted by Gasteiger charge is -2.11. The van der Waals surface area contributed by atoms with Crippen molar-refractivity contribution in [3.63, 3.8) is 0 Å². The molecule has 5 heteroatoms. The summed E-state index contributed by atoms with van der Waals surface area (Å²) >= 11 is 0. The summed E-state index contributed by atoms with van der Waals surface area (Å²) in [5.41, 5.74) is 0. The molecule has 1 rings (SSSR count). The number of methoxy groups -OCH3 is 1. The molecule has 1 saturated carbocycles. The molecule has 100 valence electrons. The molecule has 0 heterocycles. The number of nitrogens with one attached hydrogen (secondary N) is 2. The third-order valence-corrected chi connectivity index (χ3v) is 2.86. The molecule has 17 heavy (non-hydrogen) atoms. The Morgan fingerprint density at radius 1 is 1.24 bits per heavy atom. The predicted octanol–water partition coefficient (Wildman–Crippen LogP) is 0.298. The molecule has 0 radical (unpaired) electrons. The first-order valence-corrected chi connectivity index (χ1v) is 6.41. The van der Waals surface area contributed by atoms with Crippen LogP contribution in [0.1, 0.15) is 25.7 Å². The van der Waals surface area contributed by atoms with Gasteiger partial charge in [-0.1, -0.05) is 12.8 Å². The topological polar surface area (TPSA) is 59.6 Å². The Hall–Kier alpha value is -0.650. The monoisotopic (exact) mass is 244 g/mol. The Kier molecular flexibility index (Phi) is 7.96. The Bertz CT molecular complexity index is 206. The molecule has 5 nitrogen and oxygen atoms in total. The number of carbonyl (C=O) groups excluding carboxylic acids is 1. The van der Waals surface area contributed by atoms with E-state index in [1.54, 1.807) is 7.11 Å². The van der Waals surface area contributed by atoms with Gasteiger partial charge in [0.2, 0.25) is 5.91 Å². The summed E-state index contributed by atoms with van der Waals surface area (Å²) < 4.78 is 10.4. The molecule has 0 aromatic carbocycles. The molecule has 0 unspecified atom stereocenters. The number of hydrogen-bond acceptors (Lipinski definition) is 4. The minimum Gasteiger partial charge on any atom is -0.383 e. The van der Waals surface area contributed by atoms with Crippen molar-refractivity contribution in [3.8, 4) is 0 Å². The van der Waals surface area contributed by atoms with E-state index in [1.807, 2.05) is 0 Å². The summed E-state index contributed by atoms with van der Waals surface area (Å²) in [6.45, 7) is 3.10. The number of carbonyl (C=O) groups is 1. The Morgan fingerprint density at radius 2 is 2.00 bits per heavy atom. The second-order valence-electron chi connectivity index (χ2n) is 4.31. The van der Waals surface area contributed by atoms with E-state index in [1.165, 1.54) is 12.8 Å². The van der Waals surface area contributed by atoms with Crippen LogP contribution >= 0.6 is 0 Å². The molecular weight excluding hydrogens is 220 g/mol. The van der Waals surface area contributed by atoms with Crippen LogP contribution in [-0.2, 0) is 14.3 Å². The normalized spacial score (nSPS) is 16.3. The zero-order chi connectivity index (χ0) is 12.3. The molecule has 1 aliphatic rings. The highest BCUT2D eigenvalue weighted by atomic mass is 16.5. The fourth-order valence-electron chi connectivity index (χ4n) is 1.89. The van der Waals surface area contributed by atoms with E-state index < -0.39 is 0 Å². The second-order valence-corrected chi connectivity index (χ2v) is 4.31. The minimum absolute atomic E-state index is 0.0227. The van der Waals surface area contributed by atoms with E-state index in [0.717, 1.165) is 25.9 Å². The van der Waals surface area contributed by atoms with E-state index >= 15 is 0 Å². The highest BCUT2D eigenvalue weighted by molar-refractivity contribution is 5.77. The number of amides is 1. The van der Waals surface area contributed by atoms with Crippen LogP contribution in [-0.4, -0.2) is 52.0 Å². The Balaban J connectivity index is 1.87. The summed E-state index contributed by atoms with van der Waals surface area (Å²) in [6, 6.07) is 0. The molecule has 2 N–H and O–H groups in total. The van der Waals surface area contributed by atoms with E-state index in [0.29, 0.717) is 19.3 Å². The zero-order valence-corrected chi connectivity index (χ0v) is 10.7. The SMILES string of the molecule is COCCNCCNC(=O)COC1CCCC1. The first kappa shape index (κ1) is 14.4. The van der Waals surface area contributed by atoms with E-state index in [2.05, 4.69) is 10.6 Å². The molecule has 0 saturated heterocycles. The van der Waals surface area contributed by atoms with Crippen LogP contribution < -0.4 is 10.6 Å². The molecule has 1 fully saturated rings. The maximum atomic E-state index is 11.4. The van der Waals surface area contributed by atoms with Crippen LogP contribution in [0.15, 0.2) is 0 Å². The van der Waals surface area contributed by atoms with Gasteiger partial charge in [0.15, 0.2) is 0 Å². The highest BCUT2D eigenvalue weighted by Crippen LogP contribution is 2.20. The Labute approximate surface area is 103 Å². The van der Waals surface area contributed by atoms with Gasteiger partial charge in [-0.15, -0.1) is 0 Å². The number of hydrogen-bond donors (Lipinski definition) is 2. The van der Waals surface area contributed by atoms with Gasteiger partial charge < -0.3 is 20.1 Å². The lowest BCUT2D eigenvalue weighted by molar-refractivity contribution is -0.127. The van der Waals surface area contributed by atoms with Crippen molar-refractivity contribution in [2.45, 2.75) is 31.8 Å². The summed E-state index contributed by atoms with van der Waals surface area (Å²) in [6.07, 6.45) is 4.98. The maximum Gasteiger partial charge on any atom is 0.246 e. The summed E-state index contributed by atoms with van der Waals surface area (Å²) in [4.78, 5) is 11.4.